The van der Waals surface area contributed by atoms with Crippen LogP contribution in [0.4, 0.5) is 8.78 Å². The first kappa shape index (κ1) is 12.6. The average molecular weight is 243 g/mol. The predicted molar refractivity (Wildman–Crippen MR) is 51.1 cm³/mol. The minimum absolute atomic E-state index is 0.180. The van der Waals surface area contributed by atoms with Gasteiger partial charge in [-0.3, -0.25) is 9.69 Å². The number of amides is 1. The topological polar surface area (TPSA) is 52.6 Å². The van der Waals surface area contributed by atoms with E-state index in [1.807, 2.05) is 0 Å². The van der Waals surface area contributed by atoms with Crippen LogP contribution in [0.3, 0.4) is 0 Å². The number of aliphatic hydroxyl groups is 1. The number of likely N-dealkylation sites (tertiary alicyclic amines) is 1. The summed E-state index contributed by atoms with van der Waals surface area (Å²) in [5.74, 6) is -4.08. The van der Waals surface area contributed by atoms with Crippen molar-refractivity contribution in [2.75, 3.05) is 26.0 Å². The van der Waals surface area contributed by atoms with Crippen LogP contribution >= 0.6 is 11.6 Å². The Morgan fingerprint density at radius 2 is 2.33 bits per heavy atom. The van der Waals surface area contributed by atoms with E-state index in [1.165, 1.54) is 11.9 Å². The van der Waals surface area contributed by atoms with E-state index in [1.54, 1.807) is 0 Å². The first-order valence-electron chi connectivity index (χ1n) is 4.46. The maximum Gasteiger partial charge on any atom is 0.287 e. The van der Waals surface area contributed by atoms with Crippen molar-refractivity contribution in [1.29, 1.82) is 0 Å². The van der Waals surface area contributed by atoms with Crippen molar-refractivity contribution in [2.24, 2.45) is 0 Å². The van der Waals surface area contributed by atoms with Crippen LogP contribution in [0.25, 0.3) is 0 Å². The fraction of sp³-hybridized carbons (Fsp3) is 0.875. The third-order valence-electron chi connectivity index (χ3n) is 2.27. The van der Waals surface area contributed by atoms with Crippen LogP contribution in [0.1, 0.15) is 0 Å². The van der Waals surface area contributed by atoms with E-state index in [4.69, 9.17) is 11.6 Å². The first-order valence-corrected chi connectivity index (χ1v) is 5.00. The Balaban J connectivity index is 2.67. The number of carbonyl (C=O) groups is 1. The summed E-state index contributed by atoms with van der Waals surface area (Å²) in [6.07, 6.45) is -1.86. The van der Waals surface area contributed by atoms with Gasteiger partial charge in [-0.15, -0.1) is 11.6 Å². The van der Waals surface area contributed by atoms with Gasteiger partial charge in [-0.2, -0.15) is 0 Å². The summed E-state index contributed by atoms with van der Waals surface area (Å²) < 4.78 is 26.4. The predicted octanol–water partition coefficient (Wildman–Crippen LogP) is -0.348. The number of halogens is 3. The molecule has 0 aliphatic carbocycles. The molecule has 2 N–H and O–H groups in total. The van der Waals surface area contributed by atoms with E-state index < -0.39 is 30.5 Å². The number of hydrogen-bond acceptors (Lipinski definition) is 3. The van der Waals surface area contributed by atoms with Crippen molar-refractivity contribution in [3.63, 3.8) is 0 Å². The minimum atomic E-state index is -3.21. The Kier molecular flexibility index (Phi) is 3.86. The van der Waals surface area contributed by atoms with Gasteiger partial charge in [-0.1, -0.05) is 0 Å². The minimum Gasteiger partial charge on any atom is -0.385 e. The average Bonchev–Trinajstić information content (AvgIpc) is 2.12. The smallest absolute Gasteiger partial charge is 0.287 e. The second-order valence-corrected chi connectivity index (χ2v) is 3.98. The van der Waals surface area contributed by atoms with E-state index in [-0.39, 0.29) is 12.4 Å². The molecule has 1 aliphatic heterocycles. The third-order valence-corrected chi connectivity index (χ3v) is 2.51. The normalized spacial score (nSPS) is 31.3. The van der Waals surface area contributed by atoms with Gasteiger partial charge in [0.1, 0.15) is 12.0 Å². The molecule has 0 saturated carbocycles. The molecule has 0 spiro atoms. The summed E-state index contributed by atoms with van der Waals surface area (Å²) in [6, 6.07) is -0.981. The zero-order valence-electron chi connectivity index (χ0n) is 8.21. The zero-order valence-corrected chi connectivity index (χ0v) is 8.97. The van der Waals surface area contributed by atoms with Crippen molar-refractivity contribution < 1.29 is 18.7 Å². The molecule has 7 heteroatoms. The van der Waals surface area contributed by atoms with E-state index in [9.17, 15) is 18.7 Å². The van der Waals surface area contributed by atoms with Gasteiger partial charge in [0, 0.05) is 6.54 Å². The highest BCUT2D eigenvalue weighted by Crippen LogP contribution is 2.26. The van der Waals surface area contributed by atoms with Crippen molar-refractivity contribution >= 4 is 17.5 Å². The molecule has 88 valence electrons. The molecule has 0 aromatic rings. The second kappa shape index (κ2) is 4.59. The quantitative estimate of drug-likeness (QED) is 0.651. The molecule has 4 nitrogen and oxygen atoms in total. The molecule has 2 unspecified atom stereocenters. The number of hydrogen-bond donors (Lipinski definition) is 2. The Labute approximate surface area is 91.2 Å². The zero-order chi connectivity index (χ0) is 11.6. The number of piperidine rings is 1. The number of nitrogens with zero attached hydrogens (tertiary/aromatic N) is 1. The summed E-state index contributed by atoms with van der Waals surface area (Å²) in [6.45, 7) is -0.333. The van der Waals surface area contributed by atoms with Gasteiger partial charge in [0.05, 0.1) is 12.6 Å². The summed E-state index contributed by atoms with van der Waals surface area (Å²) in [4.78, 5) is 12.3. The van der Waals surface area contributed by atoms with Gasteiger partial charge in [-0.05, 0) is 7.05 Å². The molecule has 1 fully saturated rings. The molecule has 1 aliphatic rings. The van der Waals surface area contributed by atoms with Gasteiger partial charge in [0.15, 0.2) is 0 Å². The lowest BCUT2D eigenvalue weighted by Gasteiger charge is -2.39. The standard InChI is InChI=1S/C8H13ClF2N2O2/c1-13-3-5(12-6(14)2-9)7(15)8(10,11)4-13/h5,7,15H,2-4H2,1H3,(H,12,14). The highest BCUT2D eigenvalue weighted by molar-refractivity contribution is 6.27. The van der Waals surface area contributed by atoms with Crippen LogP contribution < -0.4 is 5.32 Å². The largest absolute Gasteiger partial charge is 0.385 e. The molecular formula is C8H13ClF2N2O2. The molecule has 0 aromatic heterocycles. The first-order chi connectivity index (χ1) is 6.86. The third kappa shape index (κ3) is 2.99. The van der Waals surface area contributed by atoms with Gasteiger partial charge >= 0.3 is 0 Å². The number of likely N-dealkylation sites (N-methyl/N-ethyl adjacent to an activating group) is 1. The molecule has 2 atom stereocenters. The number of carbonyl (C=O) groups excluding carboxylic acids is 1. The molecule has 0 bridgehead atoms. The second-order valence-electron chi connectivity index (χ2n) is 3.71. The van der Waals surface area contributed by atoms with Gasteiger partial charge in [-0.25, -0.2) is 8.78 Å². The summed E-state index contributed by atoms with van der Waals surface area (Å²) >= 11 is 5.23. The number of aliphatic hydroxyl groups excluding tert-OH is 1. The number of nitrogens with one attached hydrogen (secondary N) is 1. The van der Waals surface area contributed by atoms with Gasteiger partial charge in [0.2, 0.25) is 5.91 Å². The molecular weight excluding hydrogens is 230 g/mol. The molecule has 1 rings (SSSR count). The maximum absolute atomic E-state index is 13.2. The van der Waals surface area contributed by atoms with Crippen LogP contribution in [-0.4, -0.2) is 60.0 Å². The van der Waals surface area contributed by atoms with Crippen molar-refractivity contribution in [2.45, 2.75) is 18.1 Å². The SMILES string of the molecule is CN1CC(NC(=O)CCl)C(O)C(F)(F)C1. The number of rotatable bonds is 2. The van der Waals surface area contributed by atoms with Crippen LogP contribution in [0, 0.1) is 0 Å². The summed E-state index contributed by atoms with van der Waals surface area (Å²) in [5, 5.41) is 11.6. The maximum atomic E-state index is 13.2. The summed E-state index contributed by atoms with van der Waals surface area (Å²) in [7, 11) is 1.50. The van der Waals surface area contributed by atoms with Crippen LogP contribution in [0.5, 0.6) is 0 Å². The Morgan fingerprint density at radius 1 is 1.73 bits per heavy atom. The number of alkyl halides is 3. The molecule has 0 aromatic carbocycles. The van der Waals surface area contributed by atoms with Crippen molar-refractivity contribution in [1.82, 2.24) is 10.2 Å². The van der Waals surface area contributed by atoms with Crippen LogP contribution in [-0.2, 0) is 4.79 Å². The fourth-order valence-corrected chi connectivity index (χ4v) is 1.70. The van der Waals surface area contributed by atoms with Crippen LogP contribution in [0.15, 0.2) is 0 Å². The monoisotopic (exact) mass is 242 g/mol. The lowest BCUT2D eigenvalue weighted by molar-refractivity contribution is -0.161. The van der Waals surface area contributed by atoms with Crippen molar-refractivity contribution in [3.05, 3.63) is 0 Å². The fourth-order valence-electron chi connectivity index (χ4n) is 1.62. The van der Waals surface area contributed by atoms with E-state index in [0.29, 0.717) is 0 Å². The Morgan fingerprint density at radius 3 is 2.87 bits per heavy atom. The van der Waals surface area contributed by atoms with E-state index in [0.717, 1.165) is 0 Å². The Bertz CT molecular complexity index is 253. The lowest BCUT2D eigenvalue weighted by Crippen LogP contribution is -2.63. The summed E-state index contributed by atoms with van der Waals surface area (Å²) in [5.41, 5.74) is 0. The van der Waals surface area contributed by atoms with E-state index in [2.05, 4.69) is 5.32 Å². The van der Waals surface area contributed by atoms with E-state index >= 15 is 0 Å². The van der Waals surface area contributed by atoms with Gasteiger partial charge in [0.25, 0.3) is 5.92 Å². The Hall–Kier alpha value is -0.460. The molecule has 1 amide bonds. The van der Waals surface area contributed by atoms with Gasteiger partial charge < -0.3 is 10.4 Å². The molecule has 0 radical (unpaired) electrons. The van der Waals surface area contributed by atoms with Crippen molar-refractivity contribution in [3.8, 4) is 0 Å². The highest BCUT2D eigenvalue weighted by Gasteiger charge is 2.48. The lowest BCUT2D eigenvalue weighted by atomic mass is 9.99. The highest BCUT2D eigenvalue weighted by atomic mass is 35.5. The molecule has 1 heterocycles. The molecule has 1 saturated heterocycles. The molecule has 15 heavy (non-hydrogen) atoms. The van der Waals surface area contributed by atoms with Crippen LogP contribution in [0.2, 0.25) is 0 Å².